The molecule has 0 bridgehead atoms. The lowest BCUT2D eigenvalue weighted by atomic mass is 10.1. The molecule has 0 aliphatic carbocycles. The Morgan fingerprint density at radius 3 is 2.44 bits per heavy atom. The number of para-hydroxylation sites is 1. The largest absolute Gasteiger partial charge is 0.370 e. The lowest BCUT2D eigenvalue weighted by Gasteiger charge is -2.08. The number of pyridine rings is 1. The van der Waals surface area contributed by atoms with Gasteiger partial charge >= 0.3 is 0 Å². The molecule has 4 nitrogen and oxygen atoms in total. The van der Waals surface area contributed by atoms with Gasteiger partial charge in [-0.2, -0.15) is 0 Å². The van der Waals surface area contributed by atoms with Crippen molar-refractivity contribution in [2.24, 2.45) is 0 Å². The molecule has 0 spiro atoms. The van der Waals surface area contributed by atoms with E-state index < -0.39 is 0 Å². The monoisotopic (exact) mass is 395 g/mol. The number of benzene rings is 2. The van der Waals surface area contributed by atoms with E-state index in [1.54, 1.807) is 12.3 Å². The summed E-state index contributed by atoms with van der Waals surface area (Å²) in [5.74, 6) is 0.573. The average molecular weight is 396 g/mol. The molecule has 2 N–H and O–H groups in total. The molecule has 1 amide bonds. The summed E-state index contributed by atoms with van der Waals surface area (Å²) in [7, 11) is 0. The van der Waals surface area contributed by atoms with Crippen molar-refractivity contribution in [1.29, 1.82) is 0 Å². The summed E-state index contributed by atoms with van der Waals surface area (Å²) in [6.45, 7) is 0.791. The molecule has 126 valence electrons. The smallest absolute Gasteiger partial charge is 0.257 e. The van der Waals surface area contributed by atoms with Crippen LogP contribution >= 0.6 is 15.9 Å². The first kappa shape index (κ1) is 17.2. The van der Waals surface area contributed by atoms with Crippen molar-refractivity contribution in [3.8, 4) is 0 Å². The number of aromatic nitrogens is 1. The fraction of sp³-hybridized carbons (Fsp3) is 0.100. The maximum atomic E-state index is 12.3. The van der Waals surface area contributed by atoms with Crippen LogP contribution in [0.25, 0.3) is 0 Å². The number of rotatable bonds is 6. The van der Waals surface area contributed by atoms with Gasteiger partial charge in [0.25, 0.3) is 5.91 Å². The number of hydrogen-bond donors (Lipinski definition) is 2. The molecular formula is C20H18BrN3O. The minimum absolute atomic E-state index is 0.185. The number of carbonyl (C=O) groups is 1. The Morgan fingerprint density at radius 1 is 0.960 bits per heavy atom. The third kappa shape index (κ3) is 4.90. The molecule has 0 saturated carbocycles. The maximum Gasteiger partial charge on any atom is 0.257 e. The molecule has 0 atom stereocenters. The number of hydrogen-bond acceptors (Lipinski definition) is 3. The van der Waals surface area contributed by atoms with E-state index in [4.69, 9.17) is 0 Å². The summed E-state index contributed by atoms with van der Waals surface area (Å²) in [6, 6.07) is 21.4. The van der Waals surface area contributed by atoms with Crippen LogP contribution in [0.15, 0.2) is 77.4 Å². The summed E-state index contributed by atoms with van der Waals surface area (Å²) >= 11 is 3.42. The molecule has 2 aromatic carbocycles. The van der Waals surface area contributed by atoms with Crippen LogP contribution in [0, 0.1) is 0 Å². The van der Waals surface area contributed by atoms with E-state index in [9.17, 15) is 4.79 Å². The minimum atomic E-state index is -0.185. The summed E-state index contributed by atoms with van der Waals surface area (Å²) in [6.07, 6.45) is 2.50. The van der Waals surface area contributed by atoms with E-state index >= 15 is 0 Å². The van der Waals surface area contributed by atoms with Gasteiger partial charge in [0.1, 0.15) is 5.82 Å². The molecule has 0 saturated heterocycles. The highest BCUT2D eigenvalue weighted by molar-refractivity contribution is 9.10. The first-order valence-corrected chi connectivity index (χ1v) is 8.81. The Morgan fingerprint density at radius 2 is 1.72 bits per heavy atom. The fourth-order valence-electron chi connectivity index (χ4n) is 2.37. The Balaban J connectivity index is 1.54. The normalized spacial score (nSPS) is 10.3. The van der Waals surface area contributed by atoms with Gasteiger partial charge in [-0.15, -0.1) is 0 Å². The first-order valence-electron chi connectivity index (χ1n) is 8.02. The second-order valence-electron chi connectivity index (χ2n) is 5.53. The van der Waals surface area contributed by atoms with Crippen molar-refractivity contribution in [3.63, 3.8) is 0 Å². The van der Waals surface area contributed by atoms with Crippen molar-refractivity contribution in [2.45, 2.75) is 6.42 Å². The first-order chi connectivity index (χ1) is 12.2. The van der Waals surface area contributed by atoms with Crippen LogP contribution in [0.4, 0.5) is 11.5 Å². The zero-order chi connectivity index (χ0) is 17.5. The van der Waals surface area contributed by atoms with Gasteiger partial charge < -0.3 is 10.6 Å². The molecule has 3 aromatic rings. The average Bonchev–Trinajstić information content (AvgIpc) is 2.65. The molecule has 0 unspecified atom stereocenters. The van der Waals surface area contributed by atoms with Gasteiger partial charge in [0.2, 0.25) is 0 Å². The lowest BCUT2D eigenvalue weighted by molar-refractivity contribution is 0.102. The van der Waals surface area contributed by atoms with E-state index in [0.29, 0.717) is 5.56 Å². The molecular weight excluding hydrogens is 378 g/mol. The summed E-state index contributed by atoms with van der Waals surface area (Å²) in [5, 5.41) is 6.13. The Labute approximate surface area is 155 Å². The predicted octanol–water partition coefficient (Wildman–Crippen LogP) is 4.75. The zero-order valence-corrected chi connectivity index (χ0v) is 15.2. The molecule has 3 rings (SSSR count). The number of halogens is 1. The van der Waals surface area contributed by atoms with Crippen LogP contribution in [0.2, 0.25) is 0 Å². The van der Waals surface area contributed by atoms with Crippen molar-refractivity contribution < 1.29 is 4.79 Å². The van der Waals surface area contributed by atoms with Crippen LogP contribution < -0.4 is 10.6 Å². The number of carbonyl (C=O) groups excluding carboxylic acids is 1. The van der Waals surface area contributed by atoms with E-state index in [2.05, 4.69) is 43.7 Å². The Kier molecular flexibility index (Phi) is 5.80. The zero-order valence-electron chi connectivity index (χ0n) is 13.6. The standard InChI is InChI=1S/C20H18BrN3O/c21-17-8-4-5-9-18(17)24-20(25)16-10-11-19(23-14-16)22-13-12-15-6-2-1-3-7-15/h1-11,14H,12-13H2,(H,22,23)(H,24,25). The number of nitrogens with one attached hydrogen (secondary N) is 2. The van der Waals surface area contributed by atoms with Gasteiger partial charge in [-0.05, 0) is 52.2 Å². The fourth-order valence-corrected chi connectivity index (χ4v) is 2.75. The topological polar surface area (TPSA) is 54.0 Å². The molecule has 25 heavy (non-hydrogen) atoms. The van der Waals surface area contributed by atoms with Crippen molar-refractivity contribution >= 4 is 33.3 Å². The van der Waals surface area contributed by atoms with Gasteiger partial charge in [0, 0.05) is 17.2 Å². The lowest BCUT2D eigenvalue weighted by Crippen LogP contribution is -2.13. The molecule has 1 heterocycles. The maximum absolute atomic E-state index is 12.3. The SMILES string of the molecule is O=C(Nc1ccccc1Br)c1ccc(NCCc2ccccc2)nc1. The molecule has 5 heteroatoms. The third-order valence-corrected chi connectivity index (χ3v) is 4.40. The van der Waals surface area contributed by atoms with Gasteiger partial charge in [-0.25, -0.2) is 4.98 Å². The van der Waals surface area contributed by atoms with E-state index in [-0.39, 0.29) is 5.91 Å². The van der Waals surface area contributed by atoms with Gasteiger partial charge in [-0.1, -0.05) is 42.5 Å². The van der Waals surface area contributed by atoms with E-state index in [0.717, 1.165) is 28.9 Å². The van der Waals surface area contributed by atoms with Crippen LogP contribution in [0.5, 0.6) is 0 Å². The third-order valence-electron chi connectivity index (χ3n) is 3.71. The summed E-state index contributed by atoms with van der Waals surface area (Å²) in [4.78, 5) is 16.6. The molecule has 0 aliphatic heterocycles. The highest BCUT2D eigenvalue weighted by Gasteiger charge is 2.08. The molecule has 1 aromatic heterocycles. The number of nitrogens with zero attached hydrogens (tertiary/aromatic N) is 1. The van der Waals surface area contributed by atoms with E-state index in [1.165, 1.54) is 5.56 Å². The van der Waals surface area contributed by atoms with Crippen molar-refractivity contribution in [1.82, 2.24) is 4.98 Å². The number of amides is 1. The highest BCUT2D eigenvalue weighted by Crippen LogP contribution is 2.21. The Hall–Kier alpha value is -2.66. The summed E-state index contributed by atoms with van der Waals surface area (Å²) in [5.41, 5.74) is 2.53. The predicted molar refractivity (Wildman–Crippen MR) is 105 cm³/mol. The highest BCUT2D eigenvalue weighted by atomic mass is 79.9. The van der Waals surface area contributed by atoms with Crippen molar-refractivity contribution in [2.75, 3.05) is 17.2 Å². The van der Waals surface area contributed by atoms with Crippen LogP contribution in [-0.2, 0) is 6.42 Å². The molecule has 0 fully saturated rings. The molecule has 0 radical (unpaired) electrons. The van der Waals surface area contributed by atoms with Crippen LogP contribution in [-0.4, -0.2) is 17.4 Å². The van der Waals surface area contributed by atoms with E-state index in [1.807, 2.05) is 48.5 Å². The quantitative estimate of drug-likeness (QED) is 0.632. The van der Waals surface area contributed by atoms with Crippen molar-refractivity contribution in [3.05, 3.63) is 88.5 Å². The second-order valence-corrected chi connectivity index (χ2v) is 6.38. The second kappa shape index (κ2) is 8.44. The van der Waals surface area contributed by atoms with Gasteiger partial charge in [0.15, 0.2) is 0 Å². The minimum Gasteiger partial charge on any atom is -0.370 e. The van der Waals surface area contributed by atoms with Crippen LogP contribution in [0.1, 0.15) is 15.9 Å². The summed E-state index contributed by atoms with van der Waals surface area (Å²) < 4.78 is 0.843. The van der Waals surface area contributed by atoms with Gasteiger partial charge in [-0.3, -0.25) is 4.79 Å². The van der Waals surface area contributed by atoms with Gasteiger partial charge in [0.05, 0.1) is 11.3 Å². The molecule has 0 aliphatic rings. The van der Waals surface area contributed by atoms with Crippen LogP contribution in [0.3, 0.4) is 0 Å². The number of anilines is 2. The Bertz CT molecular complexity index is 835.